The van der Waals surface area contributed by atoms with Gasteiger partial charge in [-0.2, -0.15) is 0 Å². The molecule has 1 heterocycles. The molecule has 0 aromatic heterocycles. The number of nitrogens with zero attached hydrogens (tertiary/aromatic N) is 1. The summed E-state index contributed by atoms with van der Waals surface area (Å²) < 4.78 is 0. The van der Waals surface area contributed by atoms with Gasteiger partial charge in [0.25, 0.3) is 0 Å². The lowest BCUT2D eigenvalue weighted by atomic mass is 9.78. The van der Waals surface area contributed by atoms with Crippen LogP contribution in [0, 0.1) is 17.8 Å². The van der Waals surface area contributed by atoms with Gasteiger partial charge < -0.3 is 10.2 Å². The highest BCUT2D eigenvalue weighted by molar-refractivity contribution is 4.84. The average molecular weight is 238 g/mol. The van der Waals surface area contributed by atoms with Gasteiger partial charge in [-0.1, -0.05) is 33.6 Å². The third-order valence-electron chi connectivity index (χ3n) is 5.19. The van der Waals surface area contributed by atoms with Gasteiger partial charge in [0, 0.05) is 12.6 Å². The topological polar surface area (TPSA) is 15.3 Å². The van der Waals surface area contributed by atoms with Crippen molar-refractivity contribution < 1.29 is 0 Å². The molecule has 2 aliphatic rings. The fourth-order valence-electron chi connectivity index (χ4n) is 3.55. The summed E-state index contributed by atoms with van der Waals surface area (Å²) in [5.41, 5.74) is 0. The first-order valence-corrected chi connectivity index (χ1v) is 7.66. The molecule has 4 atom stereocenters. The van der Waals surface area contributed by atoms with Crippen molar-refractivity contribution in [1.82, 2.24) is 10.2 Å². The van der Waals surface area contributed by atoms with Gasteiger partial charge in [-0.25, -0.2) is 0 Å². The molecule has 0 aromatic rings. The van der Waals surface area contributed by atoms with Crippen LogP contribution in [0.2, 0.25) is 0 Å². The molecule has 17 heavy (non-hydrogen) atoms. The van der Waals surface area contributed by atoms with Crippen LogP contribution in [0.3, 0.4) is 0 Å². The second kappa shape index (κ2) is 6.19. The molecule has 1 aliphatic carbocycles. The van der Waals surface area contributed by atoms with Gasteiger partial charge >= 0.3 is 0 Å². The summed E-state index contributed by atoms with van der Waals surface area (Å²) in [7, 11) is 0. The molecule has 2 nitrogen and oxygen atoms in total. The van der Waals surface area contributed by atoms with E-state index >= 15 is 0 Å². The van der Waals surface area contributed by atoms with Crippen molar-refractivity contribution in [2.45, 2.75) is 52.5 Å². The molecule has 0 spiro atoms. The van der Waals surface area contributed by atoms with E-state index in [0.717, 1.165) is 23.8 Å². The number of nitrogens with one attached hydrogen (secondary N) is 1. The maximum absolute atomic E-state index is 3.86. The number of hydrogen-bond acceptors (Lipinski definition) is 2. The van der Waals surface area contributed by atoms with E-state index in [1.165, 1.54) is 51.9 Å². The minimum absolute atomic E-state index is 0.787. The zero-order valence-corrected chi connectivity index (χ0v) is 11.9. The van der Waals surface area contributed by atoms with E-state index in [1.54, 1.807) is 0 Å². The summed E-state index contributed by atoms with van der Waals surface area (Å²) in [5, 5.41) is 3.86. The second-order valence-corrected chi connectivity index (χ2v) is 6.33. The first-order chi connectivity index (χ1) is 8.20. The Hall–Kier alpha value is -0.0800. The van der Waals surface area contributed by atoms with Crippen LogP contribution in [0.25, 0.3) is 0 Å². The zero-order chi connectivity index (χ0) is 12.3. The van der Waals surface area contributed by atoms with E-state index < -0.39 is 0 Å². The van der Waals surface area contributed by atoms with Crippen molar-refractivity contribution in [3.63, 3.8) is 0 Å². The van der Waals surface area contributed by atoms with E-state index in [9.17, 15) is 0 Å². The Bertz CT molecular complexity index is 229. The minimum atomic E-state index is 0.787. The Kier molecular flexibility index (Phi) is 4.87. The summed E-state index contributed by atoms with van der Waals surface area (Å²) in [4.78, 5) is 2.58. The molecule has 4 unspecified atom stereocenters. The van der Waals surface area contributed by atoms with E-state index in [-0.39, 0.29) is 0 Å². The van der Waals surface area contributed by atoms with Gasteiger partial charge in [-0.15, -0.1) is 0 Å². The predicted octanol–water partition coefficient (Wildman–Crippen LogP) is 2.74. The standard InChI is InChI=1S/C15H30N2/c1-4-17-9-8-14(11-17)10-16-15-7-5-6-12(2)13(15)3/h12-16H,4-11H2,1-3H3. The third kappa shape index (κ3) is 3.45. The highest BCUT2D eigenvalue weighted by atomic mass is 15.1. The molecule has 0 bridgehead atoms. The molecular weight excluding hydrogens is 208 g/mol. The van der Waals surface area contributed by atoms with Crippen LogP contribution in [0.4, 0.5) is 0 Å². The Morgan fingerprint density at radius 2 is 2.00 bits per heavy atom. The Morgan fingerprint density at radius 3 is 2.71 bits per heavy atom. The lowest BCUT2D eigenvalue weighted by molar-refractivity contribution is 0.200. The van der Waals surface area contributed by atoms with Gasteiger partial charge in [0.2, 0.25) is 0 Å². The fraction of sp³-hybridized carbons (Fsp3) is 1.00. The van der Waals surface area contributed by atoms with Gasteiger partial charge in [-0.3, -0.25) is 0 Å². The molecule has 100 valence electrons. The molecular formula is C15H30N2. The lowest BCUT2D eigenvalue weighted by Crippen LogP contribution is -2.42. The van der Waals surface area contributed by atoms with E-state index in [2.05, 4.69) is 31.0 Å². The highest BCUT2D eigenvalue weighted by Crippen LogP contribution is 2.29. The molecule has 2 rings (SSSR count). The van der Waals surface area contributed by atoms with Crippen molar-refractivity contribution in [2.75, 3.05) is 26.2 Å². The predicted molar refractivity (Wildman–Crippen MR) is 74.2 cm³/mol. The van der Waals surface area contributed by atoms with Crippen molar-refractivity contribution in [3.05, 3.63) is 0 Å². The molecule has 1 aliphatic heterocycles. The maximum atomic E-state index is 3.86. The molecule has 0 radical (unpaired) electrons. The molecule has 1 saturated heterocycles. The van der Waals surface area contributed by atoms with Gasteiger partial charge in [0.1, 0.15) is 0 Å². The quantitative estimate of drug-likeness (QED) is 0.810. The maximum Gasteiger partial charge on any atom is 0.00953 e. The van der Waals surface area contributed by atoms with Crippen LogP contribution in [0.1, 0.15) is 46.5 Å². The summed E-state index contributed by atoms with van der Waals surface area (Å²) in [6, 6.07) is 0.787. The van der Waals surface area contributed by atoms with Crippen molar-refractivity contribution >= 4 is 0 Å². The number of rotatable bonds is 4. The zero-order valence-electron chi connectivity index (χ0n) is 11.9. The number of likely N-dealkylation sites (tertiary alicyclic amines) is 1. The van der Waals surface area contributed by atoms with Crippen LogP contribution in [-0.4, -0.2) is 37.1 Å². The molecule has 1 N–H and O–H groups in total. The van der Waals surface area contributed by atoms with Gasteiger partial charge in [0.15, 0.2) is 0 Å². The first kappa shape index (κ1) is 13.4. The van der Waals surface area contributed by atoms with Gasteiger partial charge in [0.05, 0.1) is 0 Å². The van der Waals surface area contributed by atoms with Crippen LogP contribution in [0.5, 0.6) is 0 Å². The first-order valence-electron chi connectivity index (χ1n) is 7.66. The van der Waals surface area contributed by atoms with Crippen LogP contribution in [0.15, 0.2) is 0 Å². The SMILES string of the molecule is CCN1CCC(CNC2CCCC(C)C2C)C1. The normalized spacial score (nSPS) is 39.7. The summed E-state index contributed by atoms with van der Waals surface area (Å²) in [6.45, 7) is 12.3. The highest BCUT2D eigenvalue weighted by Gasteiger charge is 2.28. The third-order valence-corrected chi connectivity index (χ3v) is 5.19. The molecule has 1 saturated carbocycles. The Balaban J connectivity index is 1.71. The van der Waals surface area contributed by atoms with Gasteiger partial charge in [-0.05, 0) is 50.2 Å². The lowest BCUT2D eigenvalue weighted by Gasteiger charge is -2.35. The largest absolute Gasteiger partial charge is 0.313 e. The van der Waals surface area contributed by atoms with Crippen LogP contribution < -0.4 is 5.32 Å². The number of hydrogen-bond donors (Lipinski definition) is 1. The second-order valence-electron chi connectivity index (χ2n) is 6.33. The monoisotopic (exact) mass is 238 g/mol. The van der Waals surface area contributed by atoms with E-state index in [0.29, 0.717) is 0 Å². The smallest absolute Gasteiger partial charge is 0.00953 e. The molecule has 0 amide bonds. The van der Waals surface area contributed by atoms with Crippen molar-refractivity contribution in [1.29, 1.82) is 0 Å². The van der Waals surface area contributed by atoms with Crippen LogP contribution in [-0.2, 0) is 0 Å². The summed E-state index contributed by atoms with van der Waals surface area (Å²) >= 11 is 0. The van der Waals surface area contributed by atoms with Crippen molar-refractivity contribution in [3.8, 4) is 0 Å². The van der Waals surface area contributed by atoms with Crippen molar-refractivity contribution in [2.24, 2.45) is 17.8 Å². The van der Waals surface area contributed by atoms with Crippen LogP contribution >= 0.6 is 0 Å². The molecule has 2 heteroatoms. The average Bonchev–Trinajstić information content (AvgIpc) is 2.79. The molecule has 2 fully saturated rings. The van der Waals surface area contributed by atoms with E-state index in [4.69, 9.17) is 0 Å². The fourth-order valence-corrected chi connectivity index (χ4v) is 3.55. The van der Waals surface area contributed by atoms with E-state index in [1.807, 2.05) is 0 Å². The summed E-state index contributed by atoms with van der Waals surface area (Å²) in [6.07, 6.45) is 5.66. The Labute approximate surface area is 107 Å². The Morgan fingerprint density at radius 1 is 1.18 bits per heavy atom. The summed E-state index contributed by atoms with van der Waals surface area (Å²) in [5.74, 6) is 2.68. The minimum Gasteiger partial charge on any atom is -0.313 e. The molecule has 0 aromatic carbocycles.